The predicted octanol–water partition coefficient (Wildman–Crippen LogP) is 4.56. The van der Waals surface area contributed by atoms with Crippen LogP contribution in [0.1, 0.15) is 57.4 Å². The SMILES string of the molecule is CC(C)c1ccc(NC(=O)CSc2ccc(N3CCC(C(=O)N4CCCCC4)CC3)nn2)cc1. The molecule has 0 radical (unpaired) electrons. The fraction of sp³-hybridized carbons (Fsp3) is 0.538. The first-order chi connectivity index (χ1) is 16.5. The number of anilines is 2. The van der Waals surface area contributed by atoms with Crippen LogP contribution in [0, 0.1) is 5.92 Å². The second-order valence-electron chi connectivity index (χ2n) is 9.49. The zero-order valence-electron chi connectivity index (χ0n) is 20.2. The summed E-state index contributed by atoms with van der Waals surface area (Å²) in [5.41, 5.74) is 2.05. The van der Waals surface area contributed by atoms with E-state index in [2.05, 4.69) is 39.2 Å². The smallest absolute Gasteiger partial charge is 0.234 e. The van der Waals surface area contributed by atoms with E-state index in [9.17, 15) is 9.59 Å². The van der Waals surface area contributed by atoms with Crippen molar-refractivity contribution in [2.75, 3.05) is 42.1 Å². The summed E-state index contributed by atoms with van der Waals surface area (Å²) in [6, 6.07) is 11.9. The standard InChI is InChI=1S/C26H35N5O2S/c1-19(2)20-6-8-22(9-7-20)27-24(32)18-34-25-11-10-23(28-29-25)30-16-12-21(13-17-30)26(33)31-14-4-3-5-15-31/h6-11,19,21H,3-5,12-18H2,1-2H3,(H,27,32). The van der Waals surface area contributed by atoms with Crippen molar-refractivity contribution in [2.24, 2.45) is 5.92 Å². The van der Waals surface area contributed by atoms with Crippen LogP contribution in [0.3, 0.4) is 0 Å². The highest BCUT2D eigenvalue weighted by molar-refractivity contribution is 7.99. The first-order valence-corrected chi connectivity index (χ1v) is 13.4. The highest BCUT2D eigenvalue weighted by Gasteiger charge is 2.29. The van der Waals surface area contributed by atoms with Crippen molar-refractivity contribution >= 4 is 35.1 Å². The molecule has 2 aliphatic rings. The Hall–Kier alpha value is -2.61. The molecule has 0 saturated carbocycles. The summed E-state index contributed by atoms with van der Waals surface area (Å²) in [6.07, 6.45) is 5.25. The maximum absolute atomic E-state index is 12.8. The van der Waals surface area contributed by atoms with Gasteiger partial charge in [-0.2, -0.15) is 0 Å². The van der Waals surface area contributed by atoms with Gasteiger partial charge in [0.05, 0.1) is 5.75 Å². The van der Waals surface area contributed by atoms with Crippen molar-refractivity contribution in [3.05, 3.63) is 42.0 Å². The highest BCUT2D eigenvalue weighted by atomic mass is 32.2. The Morgan fingerprint density at radius 3 is 2.29 bits per heavy atom. The lowest BCUT2D eigenvalue weighted by Gasteiger charge is -2.35. The molecule has 182 valence electrons. The number of benzene rings is 1. The van der Waals surface area contributed by atoms with Gasteiger partial charge in [-0.15, -0.1) is 10.2 Å². The molecular formula is C26H35N5O2S. The minimum absolute atomic E-state index is 0.0615. The minimum atomic E-state index is -0.0615. The van der Waals surface area contributed by atoms with E-state index in [1.807, 2.05) is 36.4 Å². The van der Waals surface area contributed by atoms with Crippen molar-refractivity contribution in [1.82, 2.24) is 15.1 Å². The molecule has 2 saturated heterocycles. The van der Waals surface area contributed by atoms with E-state index in [1.54, 1.807) is 0 Å². The van der Waals surface area contributed by atoms with Crippen molar-refractivity contribution in [2.45, 2.75) is 56.9 Å². The molecule has 4 rings (SSSR count). The van der Waals surface area contributed by atoms with Crippen LogP contribution >= 0.6 is 11.8 Å². The van der Waals surface area contributed by atoms with Crippen LogP contribution in [0.5, 0.6) is 0 Å². The van der Waals surface area contributed by atoms with E-state index in [-0.39, 0.29) is 17.6 Å². The highest BCUT2D eigenvalue weighted by Crippen LogP contribution is 2.25. The molecular weight excluding hydrogens is 446 g/mol. The Morgan fingerprint density at radius 2 is 1.68 bits per heavy atom. The van der Waals surface area contributed by atoms with Gasteiger partial charge in [-0.3, -0.25) is 9.59 Å². The molecule has 0 bridgehead atoms. The molecule has 1 aromatic heterocycles. The number of hydrogen-bond acceptors (Lipinski definition) is 6. The van der Waals surface area contributed by atoms with Gasteiger partial charge in [0.1, 0.15) is 5.03 Å². The lowest BCUT2D eigenvalue weighted by molar-refractivity contribution is -0.137. The Morgan fingerprint density at radius 1 is 0.971 bits per heavy atom. The molecule has 7 nitrogen and oxygen atoms in total. The van der Waals surface area contributed by atoms with Crippen LogP contribution in [0.25, 0.3) is 0 Å². The first kappa shape index (κ1) is 24.5. The second-order valence-corrected chi connectivity index (χ2v) is 10.5. The molecule has 34 heavy (non-hydrogen) atoms. The third-order valence-corrected chi connectivity index (χ3v) is 7.59. The quantitative estimate of drug-likeness (QED) is 0.584. The molecule has 3 heterocycles. The van der Waals surface area contributed by atoms with E-state index >= 15 is 0 Å². The molecule has 2 amide bonds. The summed E-state index contributed by atoms with van der Waals surface area (Å²) in [4.78, 5) is 29.3. The number of nitrogens with one attached hydrogen (secondary N) is 1. The number of piperidine rings is 2. The Balaban J connectivity index is 1.21. The molecule has 0 spiro atoms. The normalized spacial score (nSPS) is 17.1. The van der Waals surface area contributed by atoms with Crippen LogP contribution in [-0.2, 0) is 9.59 Å². The van der Waals surface area contributed by atoms with Crippen LogP contribution in [0.15, 0.2) is 41.4 Å². The fourth-order valence-electron chi connectivity index (χ4n) is 4.57. The van der Waals surface area contributed by atoms with Gasteiger partial charge in [-0.25, -0.2) is 0 Å². The van der Waals surface area contributed by atoms with Crippen LogP contribution in [-0.4, -0.2) is 58.8 Å². The Labute approximate surface area is 206 Å². The van der Waals surface area contributed by atoms with Crippen molar-refractivity contribution in [3.63, 3.8) is 0 Å². The molecule has 2 fully saturated rings. The predicted molar refractivity (Wildman–Crippen MR) is 137 cm³/mol. The van der Waals surface area contributed by atoms with Gasteiger partial charge >= 0.3 is 0 Å². The number of carbonyl (C=O) groups is 2. The van der Waals surface area contributed by atoms with E-state index in [1.165, 1.54) is 23.7 Å². The zero-order valence-corrected chi connectivity index (χ0v) is 21.0. The third kappa shape index (κ3) is 6.50. The van der Waals surface area contributed by atoms with E-state index in [0.29, 0.717) is 11.8 Å². The summed E-state index contributed by atoms with van der Waals surface area (Å²) < 4.78 is 0. The number of nitrogens with zero attached hydrogens (tertiary/aromatic N) is 4. The van der Waals surface area contributed by atoms with Gasteiger partial charge in [-0.05, 0) is 67.9 Å². The largest absolute Gasteiger partial charge is 0.355 e. The summed E-state index contributed by atoms with van der Waals surface area (Å²) in [7, 11) is 0. The molecule has 1 aromatic carbocycles. The van der Waals surface area contributed by atoms with E-state index in [0.717, 1.165) is 68.4 Å². The van der Waals surface area contributed by atoms with Crippen LogP contribution < -0.4 is 10.2 Å². The monoisotopic (exact) mass is 481 g/mol. The van der Waals surface area contributed by atoms with Crippen molar-refractivity contribution in [1.29, 1.82) is 0 Å². The van der Waals surface area contributed by atoms with Crippen LogP contribution in [0.2, 0.25) is 0 Å². The maximum atomic E-state index is 12.8. The van der Waals surface area contributed by atoms with Gasteiger partial charge in [0, 0.05) is 37.8 Å². The second kappa shape index (κ2) is 11.7. The summed E-state index contributed by atoms with van der Waals surface area (Å²) in [6.45, 7) is 7.79. The van der Waals surface area contributed by atoms with Gasteiger partial charge in [0.25, 0.3) is 0 Å². The van der Waals surface area contributed by atoms with Crippen LogP contribution in [0.4, 0.5) is 11.5 Å². The first-order valence-electron chi connectivity index (χ1n) is 12.4. The van der Waals surface area contributed by atoms with Crippen molar-refractivity contribution < 1.29 is 9.59 Å². The van der Waals surface area contributed by atoms with Gasteiger partial charge in [0.2, 0.25) is 11.8 Å². The number of hydrogen-bond donors (Lipinski definition) is 1. The Bertz CT molecular complexity index is 950. The third-order valence-electron chi connectivity index (χ3n) is 6.67. The Kier molecular flexibility index (Phi) is 8.43. The number of thioether (sulfide) groups is 1. The summed E-state index contributed by atoms with van der Waals surface area (Å²) in [5, 5.41) is 12.3. The minimum Gasteiger partial charge on any atom is -0.355 e. The average molecular weight is 482 g/mol. The molecule has 0 aliphatic carbocycles. The molecule has 1 N–H and O–H groups in total. The number of likely N-dealkylation sites (tertiary alicyclic amines) is 1. The number of rotatable bonds is 7. The average Bonchev–Trinajstić information content (AvgIpc) is 2.88. The number of carbonyl (C=O) groups excluding carboxylic acids is 2. The summed E-state index contributed by atoms with van der Waals surface area (Å²) in [5.74, 6) is 2.00. The lowest BCUT2D eigenvalue weighted by atomic mass is 9.94. The molecule has 0 atom stereocenters. The molecule has 2 aromatic rings. The molecule has 0 unspecified atom stereocenters. The number of amides is 2. The van der Waals surface area contributed by atoms with Gasteiger partial charge in [0.15, 0.2) is 5.82 Å². The van der Waals surface area contributed by atoms with Gasteiger partial charge in [-0.1, -0.05) is 37.7 Å². The van der Waals surface area contributed by atoms with Gasteiger partial charge < -0.3 is 15.1 Å². The fourth-order valence-corrected chi connectivity index (χ4v) is 5.19. The van der Waals surface area contributed by atoms with Crippen molar-refractivity contribution in [3.8, 4) is 0 Å². The topological polar surface area (TPSA) is 78.4 Å². The van der Waals surface area contributed by atoms with E-state index < -0.39 is 0 Å². The van der Waals surface area contributed by atoms with E-state index in [4.69, 9.17) is 0 Å². The molecule has 8 heteroatoms. The number of aromatic nitrogens is 2. The zero-order chi connectivity index (χ0) is 23.9. The maximum Gasteiger partial charge on any atom is 0.234 e. The molecule has 2 aliphatic heterocycles. The summed E-state index contributed by atoms with van der Waals surface area (Å²) >= 11 is 1.38. The lowest BCUT2D eigenvalue weighted by Crippen LogP contribution is -2.44.